The topological polar surface area (TPSA) is 117 Å². The number of aromatic nitrogens is 5. The van der Waals surface area contributed by atoms with Gasteiger partial charge in [0.05, 0.1) is 28.2 Å². The van der Waals surface area contributed by atoms with E-state index in [4.69, 9.17) is 4.98 Å². The van der Waals surface area contributed by atoms with Crippen LogP contribution in [0.2, 0.25) is 0 Å². The Morgan fingerprint density at radius 3 is 2.39 bits per heavy atom. The SMILES string of the molecule is Cc1nc(C)c(-n2c(=O)nc(N3C[C@@H](C)N(C(=O)O)C[C@@H]3C)c3cc(C)c(-c4ccccc4F)nc32)c(C(C)C)n1. The largest absolute Gasteiger partial charge is 0.465 e. The normalized spacial score (nSPS) is 17.5. The number of fused-ring (bicyclic) bond motifs is 1. The molecule has 2 atom stereocenters. The predicted molar refractivity (Wildman–Crippen MR) is 155 cm³/mol. The molecular formula is C30H34FN7O3. The van der Waals surface area contributed by atoms with Gasteiger partial charge in [-0.3, -0.25) is 0 Å². The number of anilines is 1. The number of amides is 1. The zero-order valence-electron chi connectivity index (χ0n) is 24.3. The lowest BCUT2D eigenvalue weighted by atomic mass is 10.0. The molecule has 41 heavy (non-hydrogen) atoms. The third-order valence-electron chi connectivity index (χ3n) is 7.64. The molecular weight excluding hydrogens is 525 g/mol. The molecule has 5 rings (SSSR count). The standard InChI is InChI=1S/C30H34FN7O3/c1-15(2)24-26(19(6)32-20(7)33-24)38-28-22(12-16(3)25(34-28)21-10-8-9-11-23(21)31)27(35-29(38)39)36-13-18(5)37(30(40)41)14-17(36)4/h8-12,15,17-18H,13-14H2,1-7H3,(H,40,41)/t17-,18+/m0/s1. The summed E-state index contributed by atoms with van der Waals surface area (Å²) < 4.78 is 16.4. The van der Waals surface area contributed by atoms with Gasteiger partial charge in [0.2, 0.25) is 0 Å². The van der Waals surface area contributed by atoms with E-state index in [2.05, 4.69) is 15.0 Å². The quantitative estimate of drug-likeness (QED) is 0.371. The average Bonchev–Trinajstić information content (AvgIpc) is 2.90. The molecule has 4 aromatic rings. The highest BCUT2D eigenvalue weighted by Crippen LogP contribution is 2.34. The Morgan fingerprint density at radius 2 is 1.73 bits per heavy atom. The minimum absolute atomic E-state index is 0.0338. The molecule has 1 amide bonds. The van der Waals surface area contributed by atoms with Crippen LogP contribution in [-0.2, 0) is 0 Å². The molecule has 11 heteroatoms. The zero-order valence-corrected chi connectivity index (χ0v) is 24.3. The summed E-state index contributed by atoms with van der Waals surface area (Å²) in [6, 6.07) is 7.71. The Hall–Kier alpha value is -4.41. The van der Waals surface area contributed by atoms with E-state index in [-0.39, 0.29) is 24.5 Å². The first kappa shape index (κ1) is 28.1. The maximum absolute atomic E-state index is 15.0. The first-order valence-corrected chi connectivity index (χ1v) is 13.7. The summed E-state index contributed by atoms with van der Waals surface area (Å²) in [6.45, 7) is 13.8. The minimum atomic E-state index is -0.986. The molecule has 1 fully saturated rings. The van der Waals surface area contributed by atoms with Crippen LogP contribution in [0.15, 0.2) is 35.1 Å². The van der Waals surface area contributed by atoms with Gasteiger partial charge in [-0.05, 0) is 64.3 Å². The smallest absolute Gasteiger partial charge is 0.407 e. The number of halogens is 1. The van der Waals surface area contributed by atoms with E-state index in [9.17, 15) is 14.7 Å². The molecule has 1 saturated heterocycles. The van der Waals surface area contributed by atoms with Crippen LogP contribution < -0.4 is 10.6 Å². The fourth-order valence-corrected chi connectivity index (χ4v) is 5.68. The molecule has 4 heterocycles. The van der Waals surface area contributed by atoms with Crippen molar-refractivity contribution >= 4 is 22.9 Å². The number of hydrogen-bond donors (Lipinski definition) is 1. The van der Waals surface area contributed by atoms with E-state index in [0.29, 0.717) is 63.1 Å². The van der Waals surface area contributed by atoms with Crippen molar-refractivity contribution in [3.63, 3.8) is 0 Å². The van der Waals surface area contributed by atoms with E-state index in [0.717, 1.165) is 0 Å². The van der Waals surface area contributed by atoms with Crippen molar-refractivity contribution in [1.29, 1.82) is 0 Å². The molecule has 1 N–H and O–H groups in total. The summed E-state index contributed by atoms with van der Waals surface area (Å²) in [5, 5.41) is 10.3. The molecule has 3 aromatic heterocycles. The molecule has 0 spiro atoms. The third-order valence-corrected chi connectivity index (χ3v) is 7.64. The minimum Gasteiger partial charge on any atom is -0.465 e. The predicted octanol–water partition coefficient (Wildman–Crippen LogP) is 5.00. The lowest BCUT2D eigenvalue weighted by molar-refractivity contribution is 0.114. The van der Waals surface area contributed by atoms with Crippen LogP contribution in [0.25, 0.3) is 28.0 Å². The van der Waals surface area contributed by atoms with Gasteiger partial charge in [-0.15, -0.1) is 0 Å². The number of aryl methyl sites for hydroxylation is 3. The highest BCUT2D eigenvalue weighted by atomic mass is 19.1. The number of rotatable bonds is 4. The fraction of sp³-hybridized carbons (Fsp3) is 0.400. The first-order chi connectivity index (χ1) is 19.4. The molecule has 0 bridgehead atoms. The van der Waals surface area contributed by atoms with Crippen molar-refractivity contribution in [2.24, 2.45) is 0 Å². The summed E-state index contributed by atoms with van der Waals surface area (Å²) in [4.78, 5) is 47.9. The Morgan fingerprint density at radius 1 is 1.02 bits per heavy atom. The number of carbonyl (C=O) groups is 1. The average molecular weight is 560 g/mol. The van der Waals surface area contributed by atoms with Crippen LogP contribution in [0.1, 0.15) is 56.4 Å². The Balaban J connectivity index is 1.86. The number of piperazine rings is 1. The van der Waals surface area contributed by atoms with Gasteiger partial charge < -0.3 is 14.9 Å². The van der Waals surface area contributed by atoms with Crippen LogP contribution in [-0.4, -0.2) is 65.8 Å². The maximum atomic E-state index is 15.0. The van der Waals surface area contributed by atoms with E-state index in [1.54, 1.807) is 18.2 Å². The Labute approximate surface area is 237 Å². The summed E-state index contributed by atoms with van der Waals surface area (Å²) in [7, 11) is 0. The molecule has 10 nitrogen and oxygen atoms in total. The molecule has 0 unspecified atom stereocenters. The van der Waals surface area contributed by atoms with Crippen LogP contribution in [0.5, 0.6) is 0 Å². The Kier molecular flexibility index (Phi) is 7.23. The number of pyridine rings is 1. The summed E-state index contributed by atoms with van der Waals surface area (Å²) in [5.41, 5.74) is 2.97. The van der Waals surface area contributed by atoms with Gasteiger partial charge in [-0.2, -0.15) is 4.98 Å². The molecule has 1 aliphatic heterocycles. The summed E-state index contributed by atoms with van der Waals surface area (Å²) in [5.74, 6) is 0.550. The van der Waals surface area contributed by atoms with Gasteiger partial charge >= 0.3 is 11.8 Å². The summed E-state index contributed by atoms with van der Waals surface area (Å²) in [6.07, 6.45) is -0.986. The zero-order chi connectivity index (χ0) is 29.7. The van der Waals surface area contributed by atoms with Gasteiger partial charge in [0.15, 0.2) is 5.65 Å². The second-order valence-corrected chi connectivity index (χ2v) is 11.1. The van der Waals surface area contributed by atoms with E-state index < -0.39 is 17.6 Å². The molecule has 1 aliphatic rings. The highest BCUT2D eigenvalue weighted by molar-refractivity contribution is 5.91. The number of hydrogen-bond acceptors (Lipinski definition) is 7. The molecule has 0 saturated carbocycles. The van der Waals surface area contributed by atoms with E-state index in [1.165, 1.54) is 15.5 Å². The summed E-state index contributed by atoms with van der Waals surface area (Å²) >= 11 is 0. The van der Waals surface area contributed by atoms with Crippen LogP contribution in [0.4, 0.5) is 15.0 Å². The number of carboxylic acid groups (broad SMARTS) is 1. The second-order valence-electron chi connectivity index (χ2n) is 11.1. The Bertz CT molecular complexity index is 1740. The monoisotopic (exact) mass is 559 g/mol. The lowest BCUT2D eigenvalue weighted by Crippen LogP contribution is -2.58. The van der Waals surface area contributed by atoms with Crippen molar-refractivity contribution in [2.75, 3.05) is 18.0 Å². The van der Waals surface area contributed by atoms with Gasteiger partial charge in [0.1, 0.15) is 17.5 Å². The van der Waals surface area contributed by atoms with Gasteiger partial charge in [-0.25, -0.2) is 33.5 Å². The van der Waals surface area contributed by atoms with Crippen molar-refractivity contribution < 1.29 is 14.3 Å². The van der Waals surface area contributed by atoms with Crippen molar-refractivity contribution in [3.05, 3.63) is 69.4 Å². The van der Waals surface area contributed by atoms with Crippen LogP contribution in [0.3, 0.4) is 0 Å². The third kappa shape index (κ3) is 4.89. The second kappa shape index (κ2) is 10.5. The lowest BCUT2D eigenvalue weighted by Gasteiger charge is -2.43. The molecule has 214 valence electrons. The van der Waals surface area contributed by atoms with Crippen molar-refractivity contribution in [3.8, 4) is 16.9 Å². The van der Waals surface area contributed by atoms with E-state index in [1.807, 2.05) is 59.4 Å². The number of benzene rings is 1. The molecule has 0 radical (unpaired) electrons. The molecule has 0 aliphatic carbocycles. The van der Waals surface area contributed by atoms with Gasteiger partial charge in [-0.1, -0.05) is 26.0 Å². The van der Waals surface area contributed by atoms with Crippen molar-refractivity contribution in [1.82, 2.24) is 29.4 Å². The van der Waals surface area contributed by atoms with Crippen molar-refractivity contribution in [2.45, 2.75) is 66.5 Å². The van der Waals surface area contributed by atoms with Crippen LogP contribution in [0, 0.1) is 26.6 Å². The highest BCUT2D eigenvalue weighted by Gasteiger charge is 2.34. The van der Waals surface area contributed by atoms with Crippen LogP contribution >= 0.6 is 0 Å². The first-order valence-electron chi connectivity index (χ1n) is 13.7. The van der Waals surface area contributed by atoms with Gasteiger partial charge in [0.25, 0.3) is 0 Å². The molecule has 1 aromatic carbocycles. The fourth-order valence-electron chi connectivity index (χ4n) is 5.68. The van der Waals surface area contributed by atoms with Gasteiger partial charge in [0, 0.05) is 30.7 Å². The maximum Gasteiger partial charge on any atom is 0.407 e. The van der Waals surface area contributed by atoms with E-state index >= 15 is 4.39 Å². The number of nitrogens with zero attached hydrogens (tertiary/aromatic N) is 7.